The van der Waals surface area contributed by atoms with E-state index in [1.165, 1.54) is 40.0 Å². The molecule has 3 aliphatic heterocycles. The molecule has 0 unspecified atom stereocenters. The van der Waals surface area contributed by atoms with Gasteiger partial charge in [0.15, 0.2) is 0 Å². The zero-order valence-corrected chi connectivity index (χ0v) is 75.9. The quantitative estimate of drug-likeness (QED) is 0.0168. The summed E-state index contributed by atoms with van der Waals surface area (Å²) in [4.78, 5) is 106. The van der Waals surface area contributed by atoms with Gasteiger partial charge in [-0.3, -0.25) is 28.8 Å². The van der Waals surface area contributed by atoms with Crippen LogP contribution in [0.1, 0.15) is 143 Å². The summed E-state index contributed by atoms with van der Waals surface area (Å²) in [6.07, 6.45) is 6.83. The number of carboxylic acid groups (broad SMARTS) is 3. The fraction of sp³-hybridized carbons (Fsp3) is 0.337. The Labute approximate surface area is 753 Å². The minimum absolute atomic E-state index is 0.0397. The Hall–Kier alpha value is -13.5. The molecule has 0 bridgehead atoms. The number of hydrogen-bond donors (Lipinski definition) is 7. The summed E-state index contributed by atoms with van der Waals surface area (Å²) in [7, 11) is 7.93. The highest BCUT2D eigenvalue weighted by molar-refractivity contribution is 6.63. The van der Waals surface area contributed by atoms with E-state index in [2.05, 4.69) is 18.0 Å². The van der Waals surface area contributed by atoms with Gasteiger partial charge in [-0.05, 0) is 270 Å². The molecule has 0 aromatic heterocycles. The Morgan fingerprint density at radius 1 is 0.477 bits per heavy atom. The van der Waals surface area contributed by atoms with Crippen LogP contribution in [0.15, 0.2) is 224 Å². The number of carbonyl (C=O) groups is 9. The number of aliphatic hydroxyl groups is 1. The highest BCUT2D eigenvalue weighted by atomic mass is 35.5. The Morgan fingerprint density at radius 2 is 0.844 bits per heavy atom. The number of methoxy groups -OCH3 is 5. The van der Waals surface area contributed by atoms with E-state index in [4.69, 9.17) is 75.0 Å². The number of amides is 5. The predicted octanol–water partition coefficient (Wildman–Crippen LogP) is 17.9. The first-order chi connectivity index (χ1) is 60.7. The van der Waals surface area contributed by atoms with E-state index in [9.17, 15) is 48.3 Å². The summed E-state index contributed by atoms with van der Waals surface area (Å²) >= 11 is 5.28. The van der Waals surface area contributed by atoms with Crippen LogP contribution >= 0.6 is 11.6 Å². The van der Waals surface area contributed by atoms with Gasteiger partial charge in [0.1, 0.15) is 60.1 Å². The number of carbonyl (C=O) groups excluding carboxylic acids is 6. The number of rotatable bonds is 24. The number of halogens is 1. The lowest BCUT2D eigenvalue weighted by Crippen LogP contribution is -2.42. The van der Waals surface area contributed by atoms with E-state index < -0.39 is 53.4 Å². The summed E-state index contributed by atoms with van der Waals surface area (Å²) < 4.78 is 40.8. The fourth-order valence-corrected chi connectivity index (χ4v) is 14.0. The van der Waals surface area contributed by atoms with Gasteiger partial charge in [-0.1, -0.05) is 146 Å². The van der Waals surface area contributed by atoms with Crippen molar-refractivity contribution in [3.05, 3.63) is 302 Å². The molecule has 128 heavy (non-hydrogen) atoms. The van der Waals surface area contributed by atoms with Crippen LogP contribution in [0, 0.1) is 40.5 Å². The molecule has 3 fully saturated rings. The van der Waals surface area contributed by atoms with Gasteiger partial charge in [0.05, 0.1) is 89.9 Å². The normalized spacial score (nSPS) is 16.7. The zero-order chi connectivity index (χ0) is 94.5. The van der Waals surface area contributed by atoms with Crippen LogP contribution < -0.4 is 29.0 Å². The summed E-state index contributed by atoms with van der Waals surface area (Å²) in [6, 6.07) is 60.9. The number of phenolic OH excluding ortho intramolecular Hbond substituents is 2. The molecule has 0 saturated carbocycles. The molecule has 0 spiro atoms. The molecule has 1 aliphatic carbocycles. The van der Waals surface area contributed by atoms with Crippen molar-refractivity contribution in [1.29, 1.82) is 0 Å². The van der Waals surface area contributed by atoms with Gasteiger partial charge in [0.25, 0.3) is 0 Å². The molecular weight excluding hydrogens is 1660 g/mol. The molecule has 3 heterocycles. The third kappa shape index (κ3) is 35.2. The lowest BCUT2D eigenvalue weighted by Gasteiger charge is -2.27. The maximum Gasteiger partial charge on any atom is 0.417 e. The van der Waals surface area contributed by atoms with Crippen molar-refractivity contribution < 1.29 is 112 Å². The zero-order valence-electron chi connectivity index (χ0n) is 75.1. The average Bonchev–Trinajstić information content (AvgIpc) is 1.60. The Morgan fingerprint density at radius 3 is 1.21 bits per heavy atom. The van der Waals surface area contributed by atoms with Crippen molar-refractivity contribution in [3.8, 4) is 40.2 Å². The molecule has 9 aromatic carbocycles. The highest BCUT2D eigenvalue weighted by Crippen LogP contribution is 2.33. The minimum Gasteiger partial charge on any atom is -0.508 e. The van der Waals surface area contributed by atoms with Gasteiger partial charge in [0.2, 0.25) is 17.1 Å². The van der Waals surface area contributed by atoms with Gasteiger partial charge >= 0.3 is 36.2 Å². The summed E-state index contributed by atoms with van der Waals surface area (Å²) in [5.41, 5.74) is 13.5. The monoisotopic (exact) mass is 1780 g/mol. The maximum absolute atomic E-state index is 13.1. The minimum atomic E-state index is -0.995. The average molecular weight is 1780 g/mol. The van der Waals surface area contributed by atoms with Crippen molar-refractivity contribution in [3.63, 3.8) is 0 Å². The van der Waals surface area contributed by atoms with E-state index in [1.54, 1.807) is 54.6 Å². The second-order valence-electron chi connectivity index (χ2n) is 31.7. The largest absolute Gasteiger partial charge is 0.508 e. The number of aliphatic carboxylic acids is 3. The first kappa shape index (κ1) is 103. The summed E-state index contributed by atoms with van der Waals surface area (Å²) in [6.45, 7) is 23.3. The van der Waals surface area contributed by atoms with Crippen molar-refractivity contribution in [2.45, 2.75) is 162 Å². The lowest BCUT2D eigenvalue weighted by atomic mass is 9.84. The number of alkyl carbamates (subject to hydrolysis) is 1. The van der Waals surface area contributed by atoms with Crippen LogP contribution in [0.5, 0.6) is 40.2 Å². The molecule has 27 heteroatoms. The van der Waals surface area contributed by atoms with Crippen LogP contribution in [0.2, 0.25) is 0 Å². The van der Waals surface area contributed by atoms with E-state index in [0.29, 0.717) is 53.9 Å². The fourth-order valence-electron chi connectivity index (χ4n) is 13.9. The number of benzene rings is 9. The number of carboxylic acids is 3. The van der Waals surface area contributed by atoms with Gasteiger partial charge in [-0.25, -0.2) is 24.2 Å². The van der Waals surface area contributed by atoms with Crippen molar-refractivity contribution in [1.82, 2.24) is 15.1 Å². The molecule has 8 atom stereocenters. The van der Waals surface area contributed by atoms with Crippen molar-refractivity contribution in [2.75, 3.05) is 55.4 Å². The number of hydrogen-bond acceptors (Lipinski definition) is 20. The van der Waals surface area contributed by atoms with Gasteiger partial charge in [0, 0.05) is 12.5 Å². The van der Waals surface area contributed by atoms with Crippen LogP contribution in [-0.2, 0) is 81.5 Å². The molecular formula is C101H118ClN3O23. The topological polar surface area (TPSA) is 367 Å². The van der Waals surface area contributed by atoms with Crippen LogP contribution in [-0.4, -0.2) is 173 Å². The van der Waals surface area contributed by atoms with E-state index >= 15 is 0 Å². The maximum atomic E-state index is 13.1. The van der Waals surface area contributed by atoms with Gasteiger partial charge < -0.3 is 73.9 Å². The van der Waals surface area contributed by atoms with E-state index in [1.807, 2.05) is 231 Å². The molecule has 7 N–H and O–H groups in total. The third-order valence-electron chi connectivity index (χ3n) is 20.6. The number of allylic oxidation sites excluding steroid dienone is 2. The molecule has 0 radical (unpaired) electrons. The lowest BCUT2D eigenvalue weighted by molar-refractivity contribution is -0.139. The second-order valence-corrected chi connectivity index (χ2v) is 32.1. The molecule has 4 aliphatic rings. The first-order valence-corrected chi connectivity index (χ1v) is 41.8. The van der Waals surface area contributed by atoms with Crippen LogP contribution in [0.25, 0.3) is 0 Å². The number of imide groups is 2. The second kappa shape index (κ2) is 51.2. The van der Waals surface area contributed by atoms with Gasteiger partial charge in [-0.15, -0.1) is 0 Å². The van der Waals surface area contributed by atoms with E-state index in [0.717, 1.165) is 97.8 Å². The predicted molar refractivity (Wildman–Crippen MR) is 489 cm³/mol. The van der Waals surface area contributed by atoms with E-state index in [-0.39, 0.29) is 85.3 Å². The number of aromatic hydroxyl groups is 2. The number of nitrogens with one attached hydrogen (secondary N) is 1. The van der Waals surface area contributed by atoms with Gasteiger partial charge in [-0.2, -0.15) is 0 Å². The van der Waals surface area contributed by atoms with Crippen molar-refractivity contribution in [2.24, 2.45) is 5.92 Å². The number of aryl methyl sites for hydroxylation is 5. The highest BCUT2D eigenvalue weighted by Gasteiger charge is 2.41. The van der Waals surface area contributed by atoms with Crippen LogP contribution in [0.4, 0.5) is 14.4 Å². The van der Waals surface area contributed by atoms with Crippen molar-refractivity contribution >= 4 is 64.8 Å². The standard InChI is InChI=1S/C21H23NO4.C20H21NO4.C11H14O3.C10H11ClO2.C10H11NO2.C10H12O3.C10H16O.C9H10O4/c1-14-9-17(12-19(10-14)25-3)15(2)20(23)22-18(13-26-21(22)24)11-16-7-5-4-6-8-16;1-14-8-16(11-18(9-14)24-2)12-19(22)21-17(13-25-20(21)23)10-15-6-4-3-5-7-15;1-7-4-9(8(2)11(12)13)6-10(5-7)14-3;1-7-3-8(6-10(11)12)5-9(4-7)13-2;12-10-11-9(7-13-10)6-8-4-2-1-3-5-8;1-7-3-8(6-10(11)12)5-9(4-7)13-2;1-8(2)9-4-6-10(3,11)7-5-9;1-5(9(12)13)6-2-7(10)4-8(11)3-6/h4-10,12,15,18H,11,13H2,1-3H3;3-9,11,17H,10,12-13H2,1-2H3;4-6,8H,1-3H3,(H,12,13);3-5H,6H2,1-2H3;1-5,9H,6-7H2,(H,11,12);3-5H,6H2,1-2H3,(H,11,12);4,6,9,11H,1,5,7H2,2-3H3;2-5,10-11H,1H3,(H,12,13)/t15-,18-;17-;8-;;9-;;9-,10+;5-/m111.1.01/s1. The molecule has 5 amide bonds. The Bertz CT molecular complexity index is 5170. The molecule has 26 nitrogen and oxygen atoms in total. The molecule has 682 valence electrons. The first-order valence-electron chi connectivity index (χ1n) is 41.4. The Balaban J connectivity index is 0.000000231. The third-order valence-corrected chi connectivity index (χ3v) is 20.8. The molecule has 13 rings (SSSR count). The number of cyclic esters (lactones) is 3. The SMILES string of the molecule is C=C(C)[C@H]1C=C[C@@](C)(O)CC1.COc1cc(C)cc(CC(=O)Cl)c1.COc1cc(C)cc(CC(=O)N2C(=O)OC[C@H]2Cc2ccccc2)c1.COc1cc(C)cc(CC(=O)O)c1.COc1cc(C)cc([C@@H](C)C(=O)N2C(=O)OC[C@H]2Cc2ccccc2)c1.COc1cc(C)cc([C@@H](C)C(=O)O)c1.C[C@@H](C(=O)O)c1cc(O)cc(O)c1.O=C1N[C@H](Cc2ccccc2)CO1. The smallest absolute Gasteiger partial charge is 0.417 e. The number of nitrogens with zero attached hydrogens (tertiary/aromatic N) is 2. The molecule has 3 saturated heterocycles. The summed E-state index contributed by atoms with van der Waals surface area (Å²) in [5, 5.41) is 56.2. The molecule has 9 aromatic rings. The number of phenols is 2. The number of ether oxygens (including phenoxy) is 8. The Kier molecular flexibility index (Phi) is 41.4. The van der Waals surface area contributed by atoms with Crippen LogP contribution in [0.3, 0.4) is 0 Å². The summed E-state index contributed by atoms with van der Waals surface area (Å²) in [5.74, 6) is -1.07.